The maximum absolute atomic E-state index is 12.3. The summed E-state index contributed by atoms with van der Waals surface area (Å²) in [7, 11) is 1.55. The van der Waals surface area contributed by atoms with Crippen LogP contribution in [0, 0.1) is 0 Å². The Morgan fingerprint density at radius 1 is 0.839 bits per heavy atom. The molecule has 3 aromatic rings. The van der Waals surface area contributed by atoms with E-state index in [0.29, 0.717) is 11.3 Å². The highest BCUT2D eigenvalue weighted by Crippen LogP contribution is 2.08. The van der Waals surface area contributed by atoms with Crippen LogP contribution in [0.3, 0.4) is 0 Å². The number of nitrogens with zero attached hydrogens (tertiary/aromatic N) is 2. The number of hydrogen-bond acceptors (Lipinski definition) is 5. The van der Waals surface area contributed by atoms with Crippen LogP contribution in [0.4, 0.5) is 0 Å². The van der Waals surface area contributed by atoms with Gasteiger partial charge in [-0.1, -0.05) is 42.5 Å². The molecule has 7 nitrogen and oxygen atoms in total. The van der Waals surface area contributed by atoms with Crippen molar-refractivity contribution in [1.29, 1.82) is 0 Å². The van der Waals surface area contributed by atoms with Crippen LogP contribution in [0.25, 0.3) is 0 Å². The largest absolute Gasteiger partial charge is 0.355 e. The summed E-state index contributed by atoms with van der Waals surface area (Å²) < 4.78 is 0. The second kappa shape index (κ2) is 10.8. The lowest BCUT2D eigenvalue weighted by Crippen LogP contribution is -2.32. The first kappa shape index (κ1) is 21.8. The van der Waals surface area contributed by atoms with Gasteiger partial charge in [-0.2, -0.15) is 0 Å². The van der Waals surface area contributed by atoms with Gasteiger partial charge >= 0.3 is 0 Å². The zero-order valence-electron chi connectivity index (χ0n) is 17.3. The molecule has 158 valence electrons. The molecular formula is C24H24N4O3. The molecule has 2 N–H and O–H groups in total. The summed E-state index contributed by atoms with van der Waals surface area (Å²) in [5.74, 6) is -1.47. The predicted octanol–water partition coefficient (Wildman–Crippen LogP) is 2.05. The first-order valence-corrected chi connectivity index (χ1v) is 10.0. The second-order valence-electron chi connectivity index (χ2n) is 7.05. The van der Waals surface area contributed by atoms with Gasteiger partial charge in [0.1, 0.15) is 6.33 Å². The molecule has 0 fully saturated rings. The Bertz CT molecular complexity index is 1070. The topological polar surface area (TPSA) is 101 Å². The first-order chi connectivity index (χ1) is 15.0. The van der Waals surface area contributed by atoms with Crippen molar-refractivity contribution < 1.29 is 14.4 Å². The van der Waals surface area contributed by atoms with E-state index < -0.39 is 11.7 Å². The number of rotatable bonds is 9. The van der Waals surface area contributed by atoms with Crippen LogP contribution in [0.1, 0.15) is 32.9 Å². The Labute approximate surface area is 180 Å². The zero-order chi connectivity index (χ0) is 22.1. The number of hydrogen-bond donors (Lipinski definition) is 2. The molecule has 0 aliphatic heterocycles. The minimum atomic E-state index is -0.685. The zero-order valence-corrected chi connectivity index (χ0v) is 17.3. The molecule has 0 aliphatic rings. The highest BCUT2D eigenvalue weighted by Gasteiger charge is 2.15. The minimum Gasteiger partial charge on any atom is -0.355 e. The third kappa shape index (κ3) is 6.57. The standard InChI is InChI=1S/C24H24N4O3/c1-25-23(30)19-9-5-8-18(12-19)15-26-24(31)22(29)14-21-13-20(27-16-28-21)11-10-17-6-3-2-4-7-17/h2-9,12-13,16H,10-11,14-15H2,1H3,(H,25,30)(H,26,31). The Kier molecular flexibility index (Phi) is 7.59. The van der Waals surface area contributed by atoms with E-state index in [2.05, 4.69) is 32.7 Å². The third-order valence-electron chi connectivity index (χ3n) is 4.76. The van der Waals surface area contributed by atoms with Crippen molar-refractivity contribution in [2.75, 3.05) is 7.05 Å². The summed E-state index contributed by atoms with van der Waals surface area (Å²) >= 11 is 0. The summed E-state index contributed by atoms with van der Waals surface area (Å²) in [6.07, 6.45) is 2.89. The van der Waals surface area contributed by atoms with Gasteiger partial charge in [0.25, 0.3) is 11.8 Å². The molecule has 0 atom stereocenters. The van der Waals surface area contributed by atoms with Crippen molar-refractivity contribution in [2.45, 2.75) is 25.8 Å². The Morgan fingerprint density at radius 2 is 1.58 bits per heavy atom. The fourth-order valence-corrected chi connectivity index (χ4v) is 3.09. The number of aromatic nitrogens is 2. The van der Waals surface area contributed by atoms with Crippen LogP contribution >= 0.6 is 0 Å². The van der Waals surface area contributed by atoms with E-state index in [-0.39, 0.29) is 18.9 Å². The molecule has 7 heteroatoms. The number of Topliss-reactive ketones (excluding diaryl/α,β-unsaturated/α-hetero) is 1. The molecular weight excluding hydrogens is 392 g/mol. The molecule has 0 radical (unpaired) electrons. The smallest absolute Gasteiger partial charge is 0.288 e. The van der Waals surface area contributed by atoms with E-state index in [1.807, 2.05) is 18.2 Å². The quantitative estimate of drug-likeness (QED) is 0.520. The minimum absolute atomic E-state index is 0.0923. The van der Waals surface area contributed by atoms with Gasteiger partial charge in [0.15, 0.2) is 0 Å². The average molecular weight is 416 g/mol. The predicted molar refractivity (Wildman–Crippen MR) is 116 cm³/mol. The molecule has 0 saturated carbocycles. The first-order valence-electron chi connectivity index (χ1n) is 10.0. The van der Waals surface area contributed by atoms with Crippen LogP contribution in [-0.4, -0.2) is 34.6 Å². The van der Waals surface area contributed by atoms with Crippen LogP contribution in [0.15, 0.2) is 67.0 Å². The van der Waals surface area contributed by atoms with Gasteiger partial charge in [0.2, 0.25) is 5.78 Å². The van der Waals surface area contributed by atoms with E-state index in [4.69, 9.17) is 0 Å². The van der Waals surface area contributed by atoms with Gasteiger partial charge in [-0.15, -0.1) is 0 Å². The number of ketones is 1. The number of nitrogens with one attached hydrogen (secondary N) is 2. The lowest BCUT2D eigenvalue weighted by atomic mass is 10.1. The molecule has 0 unspecified atom stereocenters. The number of amides is 2. The SMILES string of the molecule is CNC(=O)c1cccc(CNC(=O)C(=O)Cc2cc(CCc3ccccc3)ncn2)c1. The molecule has 0 saturated heterocycles. The van der Waals surface area contributed by atoms with E-state index in [0.717, 1.165) is 24.1 Å². The maximum atomic E-state index is 12.3. The lowest BCUT2D eigenvalue weighted by molar-refractivity contribution is -0.137. The van der Waals surface area contributed by atoms with Gasteiger partial charge in [-0.05, 0) is 42.2 Å². The highest BCUT2D eigenvalue weighted by atomic mass is 16.2. The molecule has 31 heavy (non-hydrogen) atoms. The van der Waals surface area contributed by atoms with E-state index >= 15 is 0 Å². The number of aryl methyl sites for hydroxylation is 2. The Morgan fingerprint density at radius 3 is 2.35 bits per heavy atom. The van der Waals surface area contributed by atoms with Gasteiger partial charge in [0, 0.05) is 24.8 Å². The lowest BCUT2D eigenvalue weighted by Gasteiger charge is -2.07. The molecule has 3 rings (SSSR count). The van der Waals surface area contributed by atoms with Gasteiger partial charge in [0.05, 0.1) is 12.1 Å². The van der Waals surface area contributed by atoms with Crippen molar-refractivity contribution >= 4 is 17.6 Å². The molecule has 1 aromatic heterocycles. The second-order valence-corrected chi connectivity index (χ2v) is 7.05. The van der Waals surface area contributed by atoms with E-state index in [9.17, 15) is 14.4 Å². The number of benzene rings is 2. The molecule has 0 bridgehead atoms. The molecule has 2 amide bonds. The fourth-order valence-electron chi connectivity index (χ4n) is 3.09. The average Bonchev–Trinajstić information content (AvgIpc) is 2.81. The van der Waals surface area contributed by atoms with Crippen molar-refractivity contribution in [1.82, 2.24) is 20.6 Å². The van der Waals surface area contributed by atoms with Crippen LogP contribution in [0.2, 0.25) is 0 Å². The number of carbonyl (C=O) groups is 3. The van der Waals surface area contributed by atoms with Crippen molar-refractivity contribution in [3.05, 3.63) is 95.1 Å². The van der Waals surface area contributed by atoms with Crippen LogP contribution < -0.4 is 10.6 Å². The van der Waals surface area contributed by atoms with Crippen molar-refractivity contribution in [3.8, 4) is 0 Å². The normalized spacial score (nSPS) is 10.4. The van der Waals surface area contributed by atoms with Crippen LogP contribution in [-0.2, 0) is 35.4 Å². The summed E-state index contributed by atoms with van der Waals surface area (Å²) in [4.78, 5) is 44.6. The van der Waals surface area contributed by atoms with Crippen molar-refractivity contribution in [3.63, 3.8) is 0 Å². The molecule has 1 heterocycles. The summed E-state index contributed by atoms with van der Waals surface area (Å²) in [6.45, 7) is 0.154. The van der Waals surface area contributed by atoms with E-state index in [1.54, 1.807) is 37.4 Å². The van der Waals surface area contributed by atoms with E-state index in [1.165, 1.54) is 11.9 Å². The van der Waals surface area contributed by atoms with Gasteiger partial charge in [-0.25, -0.2) is 9.97 Å². The fraction of sp³-hybridized carbons (Fsp3) is 0.208. The third-order valence-corrected chi connectivity index (χ3v) is 4.76. The monoisotopic (exact) mass is 416 g/mol. The summed E-state index contributed by atoms with van der Waals surface area (Å²) in [6, 6.07) is 18.7. The number of carbonyl (C=O) groups excluding carboxylic acids is 3. The maximum Gasteiger partial charge on any atom is 0.288 e. The molecule has 0 aliphatic carbocycles. The van der Waals surface area contributed by atoms with Gasteiger partial charge < -0.3 is 10.6 Å². The summed E-state index contributed by atoms with van der Waals surface area (Å²) in [5.41, 5.74) is 3.77. The highest BCUT2D eigenvalue weighted by molar-refractivity contribution is 6.36. The Hall–Kier alpha value is -3.87. The summed E-state index contributed by atoms with van der Waals surface area (Å²) in [5, 5.41) is 5.15. The van der Waals surface area contributed by atoms with Crippen molar-refractivity contribution in [2.24, 2.45) is 0 Å². The molecule has 0 spiro atoms. The Balaban J connectivity index is 1.52. The van der Waals surface area contributed by atoms with Gasteiger partial charge in [-0.3, -0.25) is 14.4 Å². The molecule has 2 aromatic carbocycles. The van der Waals surface area contributed by atoms with Crippen LogP contribution in [0.5, 0.6) is 0 Å².